The molecule has 0 amide bonds. The van der Waals surface area contributed by atoms with E-state index in [0.29, 0.717) is 13.0 Å². The summed E-state index contributed by atoms with van der Waals surface area (Å²) in [6, 6.07) is 5.58. The fraction of sp³-hybridized carbons (Fsp3) is 0.600. The van der Waals surface area contributed by atoms with Crippen molar-refractivity contribution in [3.05, 3.63) is 23.8 Å². The van der Waals surface area contributed by atoms with Crippen LogP contribution in [0.3, 0.4) is 0 Å². The van der Waals surface area contributed by atoms with Crippen LogP contribution < -0.4 is 15.2 Å². The van der Waals surface area contributed by atoms with Crippen molar-refractivity contribution >= 4 is 0 Å². The first-order chi connectivity index (χ1) is 8.88. The second-order valence-electron chi connectivity index (χ2n) is 5.69. The third-order valence-electron chi connectivity index (χ3n) is 2.98. The van der Waals surface area contributed by atoms with Crippen molar-refractivity contribution in [2.75, 3.05) is 20.3 Å². The van der Waals surface area contributed by atoms with Crippen LogP contribution in [0.25, 0.3) is 0 Å². The monoisotopic (exact) mass is 267 g/mol. The fourth-order valence-corrected chi connectivity index (χ4v) is 1.76. The number of rotatable bonds is 6. The molecule has 0 aromatic heterocycles. The number of hydrogen-bond donors (Lipinski definition) is 2. The molecular weight excluding hydrogens is 242 g/mol. The van der Waals surface area contributed by atoms with Gasteiger partial charge in [0, 0.05) is 11.6 Å². The molecule has 1 atom stereocenters. The van der Waals surface area contributed by atoms with E-state index in [1.54, 1.807) is 7.11 Å². The first-order valence-electron chi connectivity index (χ1n) is 6.56. The molecule has 0 bridgehead atoms. The van der Waals surface area contributed by atoms with Crippen LogP contribution in [0.4, 0.5) is 0 Å². The zero-order chi connectivity index (χ0) is 14.5. The lowest BCUT2D eigenvalue weighted by Crippen LogP contribution is -2.26. The molecule has 4 nitrogen and oxygen atoms in total. The van der Waals surface area contributed by atoms with Gasteiger partial charge in [0.05, 0.1) is 20.3 Å². The lowest BCUT2D eigenvalue weighted by atomic mass is 9.86. The van der Waals surface area contributed by atoms with Crippen LogP contribution in [0.5, 0.6) is 11.5 Å². The summed E-state index contributed by atoms with van der Waals surface area (Å²) >= 11 is 0. The summed E-state index contributed by atoms with van der Waals surface area (Å²) in [5.74, 6) is 1.67. The first kappa shape index (κ1) is 15.8. The zero-order valence-corrected chi connectivity index (χ0v) is 12.3. The summed E-state index contributed by atoms with van der Waals surface area (Å²) in [5.41, 5.74) is 6.73. The highest BCUT2D eigenvalue weighted by atomic mass is 16.5. The normalized spacial score (nSPS) is 13.2. The molecule has 1 aromatic rings. The van der Waals surface area contributed by atoms with Crippen LogP contribution in [0.1, 0.15) is 32.8 Å². The van der Waals surface area contributed by atoms with Crippen molar-refractivity contribution in [3.8, 4) is 11.5 Å². The van der Waals surface area contributed by atoms with Crippen molar-refractivity contribution in [3.63, 3.8) is 0 Å². The van der Waals surface area contributed by atoms with E-state index >= 15 is 0 Å². The fourth-order valence-electron chi connectivity index (χ4n) is 1.76. The van der Waals surface area contributed by atoms with Gasteiger partial charge in [-0.1, -0.05) is 20.8 Å². The van der Waals surface area contributed by atoms with Crippen molar-refractivity contribution in [1.29, 1.82) is 0 Å². The highest BCUT2D eigenvalue weighted by Crippen LogP contribution is 2.34. The Morgan fingerprint density at radius 2 is 2.00 bits per heavy atom. The molecule has 108 valence electrons. The van der Waals surface area contributed by atoms with Gasteiger partial charge in [0.15, 0.2) is 0 Å². The van der Waals surface area contributed by atoms with Gasteiger partial charge in [0.1, 0.15) is 11.5 Å². The lowest BCUT2D eigenvalue weighted by Gasteiger charge is -2.23. The van der Waals surface area contributed by atoms with Gasteiger partial charge in [-0.2, -0.15) is 0 Å². The molecule has 1 aromatic carbocycles. The van der Waals surface area contributed by atoms with E-state index in [1.807, 2.05) is 18.2 Å². The minimum atomic E-state index is -0.226. The molecule has 1 unspecified atom stereocenters. The summed E-state index contributed by atoms with van der Waals surface area (Å²) in [5, 5.41) is 8.89. The molecule has 0 spiro atoms. The zero-order valence-electron chi connectivity index (χ0n) is 12.3. The van der Waals surface area contributed by atoms with Gasteiger partial charge < -0.3 is 20.3 Å². The number of benzene rings is 1. The van der Waals surface area contributed by atoms with Gasteiger partial charge >= 0.3 is 0 Å². The topological polar surface area (TPSA) is 64.7 Å². The Kier molecular flexibility index (Phi) is 5.63. The van der Waals surface area contributed by atoms with E-state index < -0.39 is 0 Å². The Bertz CT molecular complexity index is 399. The molecule has 0 saturated heterocycles. The Balaban J connectivity index is 2.82. The summed E-state index contributed by atoms with van der Waals surface area (Å²) in [6.45, 7) is 6.88. The molecular formula is C15H25NO3. The number of methoxy groups -OCH3 is 1. The SMILES string of the molecule is COc1ccc(OCCC(N)CO)c(C(C)(C)C)c1. The third kappa shape index (κ3) is 4.73. The maximum atomic E-state index is 8.89. The molecule has 0 aliphatic heterocycles. The highest BCUT2D eigenvalue weighted by Gasteiger charge is 2.20. The first-order valence-corrected chi connectivity index (χ1v) is 6.56. The average molecular weight is 267 g/mol. The molecule has 0 heterocycles. The van der Waals surface area contributed by atoms with Crippen molar-refractivity contribution < 1.29 is 14.6 Å². The smallest absolute Gasteiger partial charge is 0.123 e. The van der Waals surface area contributed by atoms with Crippen molar-refractivity contribution in [2.24, 2.45) is 5.73 Å². The average Bonchev–Trinajstić information content (AvgIpc) is 2.37. The standard InChI is InChI=1S/C15H25NO3/c1-15(2,3)13-9-12(18-4)5-6-14(13)19-8-7-11(16)10-17/h5-6,9,11,17H,7-8,10,16H2,1-4H3. The van der Waals surface area contributed by atoms with Crippen LogP contribution in [0.15, 0.2) is 18.2 Å². The Morgan fingerprint density at radius 3 is 2.53 bits per heavy atom. The van der Waals surface area contributed by atoms with E-state index in [0.717, 1.165) is 17.1 Å². The number of aliphatic hydroxyl groups excluding tert-OH is 1. The maximum absolute atomic E-state index is 8.89. The van der Waals surface area contributed by atoms with Crippen LogP contribution in [0, 0.1) is 0 Å². The van der Waals surface area contributed by atoms with Gasteiger partial charge in [-0.25, -0.2) is 0 Å². The molecule has 0 fully saturated rings. The molecule has 0 saturated carbocycles. The number of nitrogens with two attached hydrogens (primary N) is 1. The van der Waals surface area contributed by atoms with Crippen LogP contribution >= 0.6 is 0 Å². The van der Waals surface area contributed by atoms with Crippen LogP contribution in [-0.2, 0) is 5.41 Å². The van der Waals surface area contributed by atoms with Crippen LogP contribution in [-0.4, -0.2) is 31.5 Å². The minimum Gasteiger partial charge on any atom is -0.497 e. The van der Waals surface area contributed by atoms with Crippen LogP contribution in [0.2, 0.25) is 0 Å². The van der Waals surface area contributed by atoms with E-state index in [4.69, 9.17) is 20.3 Å². The largest absolute Gasteiger partial charge is 0.497 e. The molecule has 0 aliphatic carbocycles. The van der Waals surface area contributed by atoms with E-state index in [1.165, 1.54) is 0 Å². The summed E-state index contributed by atoms with van der Waals surface area (Å²) in [7, 11) is 1.66. The third-order valence-corrected chi connectivity index (χ3v) is 2.98. The van der Waals surface area contributed by atoms with Crippen molar-refractivity contribution in [2.45, 2.75) is 38.6 Å². The quantitative estimate of drug-likeness (QED) is 0.828. The molecule has 1 rings (SSSR count). The van der Waals surface area contributed by atoms with Gasteiger partial charge in [0.25, 0.3) is 0 Å². The summed E-state index contributed by atoms with van der Waals surface area (Å²) < 4.78 is 11.0. The van der Waals surface area contributed by atoms with Gasteiger partial charge in [-0.05, 0) is 30.0 Å². The number of hydrogen-bond acceptors (Lipinski definition) is 4. The second-order valence-corrected chi connectivity index (χ2v) is 5.69. The molecule has 0 radical (unpaired) electrons. The Morgan fingerprint density at radius 1 is 1.32 bits per heavy atom. The Labute approximate surface area is 115 Å². The highest BCUT2D eigenvalue weighted by molar-refractivity contribution is 5.44. The molecule has 4 heteroatoms. The predicted octanol–water partition coefficient (Wildman–Crippen LogP) is 2.08. The van der Waals surface area contributed by atoms with E-state index in [-0.39, 0.29) is 18.1 Å². The Hall–Kier alpha value is -1.26. The van der Waals surface area contributed by atoms with Gasteiger partial charge in [0.2, 0.25) is 0 Å². The maximum Gasteiger partial charge on any atom is 0.123 e. The number of ether oxygens (including phenoxy) is 2. The molecule has 0 aliphatic rings. The minimum absolute atomic E-state index is 0.0158. The van der Waals surface area contributed by atoms with Crippen molar-refractivity contribution in [1.82, 2.24) is 0 Å². The van der Waals surface area contributed by atoms with Gasteiger partial charge in [-0.15, -0.1) is 0 Å². The summed E-state index contributed by atoms with van der Waals surface area (Å²) in [4.78, 5) is 0. The number of aliphatic hydroxyl groups is 1. The predicted molar refractivity (Wildman–Crippen MR) is 76.9 cm³/mol. The molecule has 3 N–H and O–H groups in total. The van der Waals surface area contributed by atoms with Gasteiger partial charge in [-0.3, -0.25) is 0 Å². The van der Waals surface area contributed by atoms with E-state index in [2.05, 4.69) is 20.8 Å². The second kappa shape index (κ2) is 6.78. The lowest BCUT2D eigenvalue weighted by molar-refractivity contribution is 0.228. The van der Waals surface area contributed by atoms with E-state index in [9.17, 15) is 0 Å². The molecule has 19 heavy (non-hydrogen) atoms. The summed E-state index contributed by atoms with van der Waals surface area (Å²) in [6.07, 6.45) is 0.631.